The van der Waals surface area contributed by atoms with Crippen molar-refractivity contribution in [2.24, 2.45) is 0 Å². The van der Waals surface area contributed by atoms with E-state index in [-0.39, 0.29) is 0 Å². The summed E-state index contributed by atoms with van der Waals surface area (Å²) in [4.78, 5) is 11.3. The van der Waals surface area contributed by atoms with Gasteiger partial charge in [0.15, 0.2) is 0 Å². The van der Waals surface area contributed by atoms with Crippen LogP contribution in [0.25, 0.3) is 0 Å². The molecule has 1 aromatic carbocycles. The van der Waals surface area contributed by atoms with Crippen LogP contribution in [-0.2, 0) is 9.54 Å². The topological polar surface area (TPSA) is 37.3 Å². The molecule has 1 rings (SSSR count). The molecule has 0 bridgehead atoms. The highest BCUT2D eigenvalue weighted by Gasteiger charge is 2.36. The molecule has 1 aromatic rings. The number of rotatable bonds is 4. The summed E-state index contributed by atoms with van der Waals surface area (Å²) in [6, 6.07) is 7.66. The van der Waals surface area contributed by atoms with Crippen molar-refractivity contribution in [2.45, 2.75) is 25.5 Å². The zero-order valence-corrected chi connectivity index (χ0v) is 10.1. The van der Waals surface area contributed by atoms with Gasteiger partial charge >= 0.3 is 5.97 Å². The van der Waals surface area contributed by atoms with Crippen LogP contribution < -0.4 is 0 Å². The second-order valence-electron chi connectivity index (χ2n) is 3.59. The van der Waals surface area contributed by atoms with E-state index in [0.29, 0.717) is 0 Å². The van der Waals surface area contributed by atoms with Gasteiger partial charge in [-0.25, -0.2) is 0 Å². The third-order valence-corrected chi connectivity index (χ3v) is 3.76. The molecule has 1 unspecified atom stereocenters. The van der Waals surface area contributed by atoms with Gasteiger partial charge in [0.1, 0.15) is 4.75 Å². The fourth-order valence-electron chi connectivity index (χ4n) is 1.65. The predicted molar refractivity (Wildman–Crippen MR) is 64.3 cm³/mol. The number of aryl methyl sites for hydroxylation is 1. The minimum atomic E-state index is -0.833. The molecule has 1 N–H and O–H groups in total. The number of carboxylic acid groups (broad SMARTS) is 1. The summed E-state index contributed by atoms with van der Waals surface area (Å²) in [5.41, 5.74) is 1.92. The largest absolute Gasteiger partial charge is 0.480 e. The maximum atomic E-state index is 11.3. The molecule has 3 heteroatoms. The lowest BCUT2D eigenvalue weighted by Gasteiger charge is -2.25. The average molecular weight is 224 g/mol. The van der Waals surface area contributed by atoms with E-state index in [1.54, 1.807) is 6.92 Å². The maximum Gasteiger partial charge on any atom is 0.324 e. The summed E-state index contributed by atoms with van der Waals surface area (Å²) in [5, 5.41) is 9.32. The van der Waals surface area contributed by atoms with Gasteiger partial charge in [-0.05, 0) is 30.7 Å². The number of hydrogen-bond donors (Lipinski definition) is 1. The lowest BCUT2D eigenvalue weighted by molar-refractivity contribution is -0.139. The number of hydrogen-bond acceptors (Lipinski definition) is 2. The van der Waals surface area contributed by atoms with Crippen molar-refractivity contribution >= 4 is 17.7 Å². The van der Waals surface area contributed by atoms with Gasteiger partial charge in [-0.2, -0.15) is 0 Å². The molecule has 0 aliphatic carbocycles. The Balaban J connectivity index is 3.21. The Morgan fingerprint density at radius 1 is 1.47 bits per heavy atom. The first-order valence-electron chi connectivity index (χ1n) is 4.95. The lowest BCUT2D eigenvalue weighted by Crippen LogP contribution is -2.29. The van der Waals surface area contributed by atoms with Crippen molar-refractivity contribution in [3.63, 3.8) is 0 Å². The molecule has 0 aliphatic heterocycles. The summed E-state index contributed by atoms with van der Waals surface area (Å²) in [5.74, 6) is 0.0144. The fourth-order valence-corrected chi connectivity index (χ4v) is 2.74. The highest BCUT2D eigenvalue weighted by atomic mass is 32.2. The van der Waals surface area contributed by atoms with Crippen LogP contribution in [0.4, 0.5) is 0 Å². The second kappa shape index (κ2) is 4.71. The molecule has 2 nitrogen and oxygen atoms in total. The molecule has 0 aromatic heterocycles. The number of carbonyl (C=O) groups is 1. The molecule has 0 spiro atoms. The van der Waals surface area contributed by atoms with Crippen molar-refractivity contribution < 1.29 is 9.90 Å². The van der Waals surface area contributed by atoms with Gasteiger partial charge in [0.2, 0.25) is 0 Å². The van der Waals surface area contributed by atoms with Crippen LogP contribution in [0.2, 0.25) is 0 Å². The van der Waals surface area contributed by atoms with Crippen molar-refractivity contribution in [3.8, 4) is 0 Å². The van der Waals surface area contributed by atoms with E-state index >= 15 is 0 Å². The van der Waals surface area contributed by atoms with E-state index in [0.717, 1.165) is 16.9 Å². The molecule has 0 saturated carbocycles. The van der Waals surface area contributed by atoms with Crippen LogP contribution >= 0.6 is 11.8 Å². The lowest BCUT2D eigenvalue weighted by atomic mass is 9.96. The maximum absolute atomic E-state index is 11.3. The van der Waals surface area contributed by atoms with Crippen LogP contribution in [0.5, 0.6) is 0 Å². The quantitative estimate of drug-likeness (QED) is 0.854. The Hall–Kier alpha value is -0.960. The predicted octanol–water partition coefficient (Wildman–Crippen LogP) is 3.05. The van der Waals surface area contributed by atoms with Gasteiger partial charge in [0, 0.05) is 0 Å². The zero-order chi connectivity index (χ0) is 11.5. The number of aliphatic carboxylic acids is 1. The third kappa shape index (κ3) is 2.34. The smallest absolute Gasteiger partial charge is 0.324 e. The van der Waals surface area contributed by atoms with Gasteiger partial charge in [0.05, 0.1) is 0 Å². The highest BCUT2D eigenvalue weighted by Crippen LogP contribution is 2.37. The first-order valence-corrected chi connectivity index (χ1v) is 5.94. The minimum absolute atomic E-state index is 0.774. The van der Waals surface area contributed by atoms with Gasteiger partial charge in [-0.3, -0.25) is 4.79 Å². The Morgan fingerprint density at radius 2 is 2.07 bits per heavy atom. The van der Waals surface area contributed by atoms with Gasteiger partial charge in [-0.15, -0.1) is 11.8 Å². The van der Waals surface area contributed by atoms with E-state index in [1.807, 2.05) is 38.1 Å². The summed E-state index contributed by atoms with van der Waals surface area (Å²) in [6.45, 7) is 5.70. The Kier molecular flexibility index (Phi) is 3.80. The van der Waals surface area contributed by atoms with Gasteiger partial charge in [-0.1, -0.05) is 31.2 Å². The van der Waals surface area contributed by atoms with E-state index in [2.05, 4.69) is 0 Å². The monoisotopic (exact) mass is 224 g/mol. The number of carboxylic acids is 1. The van der Waals surface area contributed by atoms with E-state index in [9.17, 15) is 9.90 Å². The van der Waals surface area contributed by atoms with Gasteiger partial charge in [0.25, 0.3) is 0 Å². The molecule has 0 radical (unpaired) electrons. The second-order valence-corrected chi connectivity index (χ2v) is 5.27. The summed E-state index contributed by atoms with van der Waals surface area (Å²) in [6.07, 6.45) is 0. The molecular weight excluding hydrogens is 208 g/mol. The molecule has 82 valence electrons. The van der Waals surface area contributed by atoms with Crippen molar-refractivity contribution in [2.75, 3.05) is 5.75 Å². The molecule has 0 fully saturated rings. The minimum Gasteiger partial charge on any atom is -0.480 e. The van der Waals surface area contributed by atoms with E-state index in [1.165, 1.54) is 11.8 Å². The van der Waals surface area contributed by atoms with E-state index < -0.39 is 10.7 Å². The summed E-state index contributed by atoms with van der Waals surface area (Å²) >= 11 is 1.45. The Labute approximate surface area is 94.7 Å². The van der Waals surface area contributed by atoms with Gasteiger partial charge < -0.3 is 5.11 Å². The summed E-state index contributed by atoms with van der Waals surface area (Å²) in [7, 11) is 0. The van der Waals surface area contributed by atoms with Crippen LogP contribution in [0, 0.1) is 6.92 Å². The normalized spacial score (nSPS) is 14.6. The molecule has 0 saturated heterocycles. The average Bonchev–Trinajstić information content (AvgIpc) is 2.18. The number of benzene rings is 1. The molecule has 0 heterocycles. The fraction of sp³-hybridized carbons (Fsp3) is 0.417. The Bertz CT molecular complexity index is 362. The van der Waals surface area contributed by atoms with Crippen LogP contribution in [-0.4, -0.2) is 16.8 Å². The first kappa shape index (κ1) is 12.1. The van der Waals surface area contributed by atoms with Crippen LogP contribution in [0.1, 0.15) is 25.0 Å². The van der Waals surface area contributed by atoms with Crippen molar-refractivity contribution in [1.29, 1.82) is 0 Å². The SMILES string of the molecule is CCSC(C)(C(=O)O)c1ccccc1C. The molecular formula is C12H16O2S. The summed E-state index contributed by atoms with van der Waals surface area (Å²) < 4.78 is -0.833. The molecule has 0 amide bonds. The van der Waals surface area contributed by atoms with Crippen molar-refractivity contribution in [1.82, 2.24) is 0 Å². The Morgan fingerprint density at radius 3 is 2.53 bits per heavy atom. The third-order valence-electron chi connectivity index (χ3n) is 2.50. The van der Waals surface area contributed by atoms with E-state index in [4.69, 9.17) is 0 Å². The zero-order valence-electron chi connectivity index (χ0n) is 9.28. The van der Waals surface area contributed by atoms with Crippen LogP contribution in [0.3, 0.4) is 0 Å². The van der Waals surface area contributed by atoms with Crippen LogP contribution in [0.15, 0.2) is 24.3 Å². The molecule has 1 atom stereocenters. The number of thioether (sulfide) groups is 1. The molecule has 0 aliphatic rings. The highest BCUT2D eigenvalue weighted by molar-refractivity contribution is 8.00. The molecule has 15 heavy (non-hydrogen) atoms. The standard InChI is InChI=1S/C12H16O2S/c1-4-15-12(3,11(13)14)10-8-6-5-7-9(10)2/h5-8H,4H2,1-3H3,(H,13,14). The first-order chi connectivity index (χ1) is 7.02. The van der Waals surface area contributed by atoms with Crippen molar-refractivity contribution in [3.05, 3.63) is 35.4 Å².